The topological polar surface area (TPSA) is 97.1 Å². The average molecular weight is 897 g/mol. The van der Waals surface area contributed by atoms with Gasteiger partial charge in [-0.3, -0.25) is 29.9 Å². The largest absolute Gasteiger partial charge is 0.306 e. The molecule has 10 heteroatoms. The summed E-state index contributed by atoms with van der Waals surface area (Å²) in [6, 6.07) is 51.9. The molecule has 0 N–H and O–H groups in total. The fourth-order valence-corrected chi connectivity index (χ4v) is 11.4. The number of hydrogen-bond donors (Lipinski definition) is 0. The van der Waals surface area contributed by atoms with Gasteiger partial charge in [0, 0.05) is 134 Å². The van der Waals surface area contributed by atoms with Gasteiger partial charge in [-0.1, -0.05) is 78.9 Å². The summed E-state index contributed by atoms with van der Waals surface area (Å²) in [5, 5.41) is 8.54. The van der Waals surface area contributed by atoms with Crippen molar-refractivity contribution in [1.82, 2.24) is 48.2 Å². The van der Waals surface area contributed by atoms with E-state index in [1.165, 1.54) is 0 Å². The van der Waals surface area contributed by atoms with Gasteiger partial charge in [0.05, 0.1) is 66.9 Å². The third-order valence-corrected chi connectivity index (χ3v) is 14.1. The second kappa shape index (κ2) is 14.9. The molecule has 0 aliphatic rings. The van der Waals surface area contributed by atoms with Gasteiger partial charge in [-0.15, -0.1) is 0 Å². The Labute approximate surface area is 398 Å². The highest BCUT2D eigenvalue weighted by atomic mass is 15.1. The maximum absolute atomic E-state index is 4.94. The number of hydrogen-bond acceptors (Lipinski definition) is 6. The van der Waals surface area contributed by atoms with Crippen molar-refractivity contribution in [3.05, 3.63) is 220 Å². The summed E-state index contributed by atoms with van der Waals surface area (Å²) in [6.45, 7) is 0. The van der Waals surface area contributed by atoms with Gasteiger partial charge in [-0.25, -0.2) is 0 Å². The number of aromatic nitrogens is 10. The van der Waals surface area contributed by atoms with Crippen molar-refractivity contribution in [3.63, 3.8) is 0 Å². The van der Waals surface area contributed by atoms with Crippen LogP contribution in [0.5, 0.6) is 0 Å². The fraction of sp³-hybridized carbons (Fsp3) is 0. The Morgan fingerprint density at radius 2 is 0.514 bits per heavy atom. The molecule has 10 nitrogen and oxygen atoms in total. The Balaban J connectivity index is 1.35. The third-order valence-electron chi connectivity index (χ3n) is 14.1. The number of pyridine rings is 6. The molecule has 0 fully saturated rings. The predicted octanol–water partition coefficient (Wildman–Crippen LogP) is 13.8. The van der Waals surface area contributed by atoms with Crippen molar-refractivity contribution < 1.29 is 0 Å². The Hall–Kier alpha value is -9.80. The predicted molar refractivity (Wildman–Crippen MR) is 281 cm³/mol. The van der Waals surface area contributed by atoms with E-state index < -0.39 is 0 Å². The smallest absolute Gasteiger partial charge is 0.0811 e. The van der Waals surface area contributed by atoms with E-state index in [-0.39, 0.29) is 0 Å². The monoisotopic (exact) mass is 896 g/mol. The van der Waals surface area contributed by atoms with Crippen molar-refractivity contribution in [2.45, 2.75) is 0 Å². The van der Waals surface area contributed by atoms with E-state index in [9.17, 15) is 0 Å². The first-order valence-electron chi connectivity index (χ1n) is 23.2. The molecule has 10 aromatic heterocycles. The first-order chi connectivity index (χ1) is 34.8. The van der Waals surface area contributed by atoms with Crippen LogP contribution in [-0.2, 0) is 0 Å². The molecule has 15 aromatic rings. The third kappa shape index (κ3) is 5.26. The maximum atomic E-state index is 4.94. The highest BCUT2D eigenvalue weighted by Gasteiger charge is 2.35. The Bertz CT molecular complexity index is 3840. The summed E-state index contributed by atoms with van der Waals surface area (Å²) >= 11 is 0. The van der Waals surface area contributed by atoms with Crippen LogP contribution in [-0.4, -0.2) is 48.2 Å². The minimum atomic E-state index is 0.932. The lowest BCUT2D eigenvalue weighted by molar-refractivity contribution is 1.04. The average Bonchev–Trinajstić information content (AvgIpc) is 4.16. The quantitative estimate of drug-likeness (QED) is 0.165. The number of fused-ring (bicyclic) bond motifs is 12. The van der Waals surface area contributed by atoms with E-state index >= 15 is 0 Å². The van der Waals surface area contributed by atoms with Gasteiger partial charge in [0.2, 0.25) is 0 Å². The lowest BCUT2D eigenvalue weighted by atomic mass is 9.91. The molecule has 15 rings (SSSR count). The second-order valence-electron chi connectivity index (χ2n) is 17.6. The minimum Gasteiger partial charge on any atom is -0.306 e. The van der Waals surface area contributed by atoms with Crippen molar-refractivity contribution in [3.8, 4) is 45.0 Å². The zero-order chi connectivity index (χ0) is 45.9. The standard InChI is InChI=1S/C60H36N10/c1-5-15-47-39(11-1)43-33-63-28-21-51(43)67(47)57-55(37-19-26-61-27-20-37)58(68-48-16-6-2-12-40(48)44-34-64-29-22-52(44)68)60(70-50-18-8-4-14-42(50)46-36-66-31-24-54(46)70)56(38-10-9-25-62-32-38)59(57)69-49-17-7-3-13-41(49)45-35-65-30-23-53(45)69/h1-36H. The lowest BCUT2D eigenvalue weighted by Crippen LogP contribution is -2.16. The van der Waals surface area contributed by atoms with Crippen LogP contribution in [0.1, 0.15) is 0 Å². The molecular formula is C60H36N10. The summed E-state index contributed by atoms with van der Waals surface area (Å²) in [5.41, 5.74) is 15.9. The number of para-hydroxylation sites is 4. The molecule has 0 saturated heterocycles. The normalized spacial score (nSPS) is 12.0. The Morgan fingerprint density at radius 1 is 0.214 bits per heavy atom. The molecule has 70 heavy (non-hydrogen) atoms. The van der Waals surface area contributed by atoms with E-state index in [0.717, 1.165) is 132 Å². The van der Waals surface area contributed by atoms with Gasteiger partial charge in [0.15, 0.2) is 0 Å². The van der Waals surface area contributed by atoms with Gasteiger partial charge >= 0.3 is 0 Å². The van der Waals surface area contributed by atoms with Crippen LogP contribution in [0.2, 0.25) is 0 Å². The molecule has 0 amide bonds. The van der Waals surface area contributed by atoms with Crippen molar-refractivity contribution in [2.24, 2.45) is 0 Å². The lowest BCUT2D eigenvalue weighted by Gasteiger charge is -2.31. The molecular weight excluding hydrogens is 861 g/mol. The maximum Gasteiger partial charge on any atom is 0.0811 e. The van der Waals surface area contributed by atoms with Crippen molar-refractivity contribution in [1.29, 1.82) is 0 Å². The zero-order valence-electron chi connectivity index (χ0n) is 37.3. The molecule has 0 bridgehead atoms. The molecule has 0 unspecified atom stereocenters. The van der Waals surface area contributed by atoms with E-state index in [4.69, 9.17) is 24.9 Å². The number of nitrogens with zero attached hydrogens (tertiary/aromatic N) is 10. The molecule has 10 heterocycles. The van der Waals surface area contributed by atoms with Gasteiger partial charge < -0.3 is 18.3 Å². The van der Waals surface area contributed by atoms with Crippen LogP contribution < -0.4 is 0 Å². The van der Waals surface area contributed by atoms with Crippen LogP contribution in [0.15, 0.2) is 220 Å². The number of rotatable bonds is 6. The van der Waals surface area contributed by atoms with E-state index in [0.29, 0.717) is 0 Å². The summed E-state index contributed by atoms with van der Waals surface area (Å²) in [6.07, 6.45) is 23.3. The van der Waals surface area contributed by atoms with Gasteiger partial charge in [0.1, 0.15) is 0 Å². The Morgan fingerprint density at radius 3 is 0.857 bits per heavy atom. The summed E-state index contributed by atoms with van der Waals surface area (Å²) < 4.78 is 9.87. The molecule has 0 spiro atoms. The zero-order valence-corrected chi connectivity index (χ0v) is 37.3. The molecule has 326 valence electrons. The first kappa shape index (κ1) is 38.3. The molecule has 0 atom stereocenters. The molecule has 0 radical (unpaired) electrons. The van der Waals surface area contributed by atoms with Crippen molar-refractivity contribution in [2.75, 3.05) is 0 Å². The van der Waals surface area contributed by atoms with Crippen LogP contribution >= 0.6 is 0 Å². The van der Waals surface area contributed by atoms with Gasteiger partial charge in [-0.05, 0) is 72.3 Å². The highest BCUT2D eigenvalue weighted by molar-refractivity contribution is 6.18. The molecule has 0 aliphatic heterocycles. The van der Waals surface area contributed by atoms with E-state index in [2.05, 4.69) is 163 Å². The molecule has 5 aromatic carbocycles. The van der Waals surface area contributed by atoms with Crippen LogP contribution in [0.3, 0.4) is 0 Å². The van der Waals surface area contributed by atoms with Gasteiger partial charge in [0.25, 0.3) is 0 Å². The van der Waals surface area contributed by atoms with Gasteiger partial charge in [-0.2, -0.15) is 0 Å². The SMILES string of the molecule is c1cncc(-c2c(-n3c4ccccc4c4cnccc43)c(-n3c4ccccc4c4cnccc43)c(-c3ccncc3)c(-n3c4ccccc4c4cnccc43)c2-n2c3ccccc3c3cnccc32)c1. The second-order valence-corrected chi connectivity index (χ2v) is 17.6. The van der Waals surface area contributed by atoms with Crippen molar-refractivity contribution >= 4 is 87.2 Å². The fourth-order valence-electron chi connectivity index (χ4n) is 11.4. The highest BCUT2D eigenvalue weighted by Crippen LogP contribution is 2.54. The summed E-state index contributed by atoms with van der Waals surface area (Å²) in [4.78, 5) is 28.6. The van der Waals surface area contributed by atoms with E-state index in [1.54, 1.807) is 0 Å². The van der Waals surface area contributed by atoms with E-state index in [1.807, 2.05) is 80.4 Å². The summed E-state index contributed by atoms with van der Waals surface area (Å²) in [5.74, 6) is 0. The van der Waals surface area contributed by atoms with Crippen LogP contribution in [0.25, 0.3) is 132 Å². The summed E-state index contributed by atoms with van der Waals surface area (Å²) in [7, 11) is 0. The Kier molecular flexibility index (Phi) is 8.13. The molecule has 0 aliphatic carbocycles. The van der Waals surface area contributed by atoms with Crippen LogP contribution in [0, 0.1) is 0 Å². The number of benzene rings is 5. The van der Waals surface area contributed by atoms with Crippen LogP contribution in [0.4, 0.5) is 0 Å². The first-order valence-corrected chi connectivity index (χ1v) is 23.2. The minimum absolute atomic E-state index is 0.932. The molecule has 0 saturated carbocycles.